The minimum absolute atomic E-state index is 0.0764. The third-order valence-electron chi connectivity index (χ3n) is 2.82. The quantitative estimate of drug-likeness (QED) is 0.858. The van der Waals surface area contributed by atoms with Crippen molar-refractivity contribution >= 4 is 21.6 Å². The lowest BCUT2D eigenvalue weighted by molar-refractivity contribution is 0.0173. The van der Waals surface area contributed by atoms with E-state index in [1.54, 1.807) is 0 Å². The Morgan fingerprint density at radius 2 is 2.33 bits per heavy atom. The van der Waals surface area contributed by atoms with Crippen LogP contribution < -0.4 is 4.72 Å². The summed E-state index contributed by atoms with van der Waals surface area (Å²) in [6.45, 7) is 2.51. The molecule has 1 N–H and O–H groups in total. The first-order valence-electron chi connectivity index (χ1n) is 5.73. The molecule has 1 aliphatic heterocycles. The monoisotopic (exact) mass is 290 g/mol. The van der Waals surface area contributed by atoms with E-state index in [1.165, 1.54) is 18.3 Å². The normalized spacial score (nSPS) is 25.0. The smallest absolute Gasteiger partial charge is 0.240 e. The predicted octanol–water partition coefficient (Wildman–Crippen LogP) is 1.58. The lowest BCUT2D eigenvalue weighted by Crippen LogP contribution is -2.41. The van der Waals surface area contributed by atoms with Crippen LogP contribution in [0.15, 0.2) is 23.2 Å². The summed E-state index contributed by atoms with van der Waals surface area (Å²) in [6, 6.07) is 2.68. The van der Waals surface area contributed by atoms with Crippen molar-refractivity contribution in [1.29, 1.82) is 0 Å². The van der Waals surface area contributed by atoms with Gasteiger partial charge in [-0.15, -0.1) is 0 Å². The van der Waals surface area contributed by atoms with E-state index in [1.807, 2.05) is 6.92 Å². The highest BCUT2D eigenvalue weighted by Crippen LogP contribution is 2.18. The largest absolute Gasteiger partial charge is 0.378 e. The maximum Gasteiger partial charge on any atom is 0.240 e. The molecule has 1 aromatic heterocycles. The summed E-state index contributed by atoms with van der Waals surface area (Å²) in [5.41, 5.74) is 0. The Kier molecular flexibility index (Phi) is 4.21. The Morgan fingerprint density at radius 3 is 3.00 bits per heavy atom. The molecule has 0 aliphatic carbocycles. The first-order valence-corrected chi connectivity index (χ1v) is 7.59. The minimum atomic E-state index is -3.54. The molecule has 0 bridgehead atoms. The number of rotatable bonds is 3. The highest BCUT2D eigenvalue weighted by molar-refractivity contribution is 7.89. The predicted molar refractivity (Wildman–Crippen MR) is 68.0 cm³/mol. The molecule has 5 nitrogen and oxygen atoms in total. The van der Waals surface area contributed by atoms with Gasteiger partial charge in [-0.3, -0.25) is 0 Å². The summed E-state index contributed by atoms with van der Waals surface area (Å²) in [5.74, 6) is 0. The second-order valence-corrected chi connectivity index (χ2v) is 6.44. The Morgan fingerprint density at radius 1 is 1.56 bits per heavy atom. The van der Waals surface area contributed by atoms with E-state index >= 15 is 0 Å². The summed E-state index contributed by atoms with van der Waals surface area (Å²) in [4.78, 5) is 3.91. The maximum atomic E-state index is 12.1. The second-order valence-electron chi connectivity index (χ2n) is 4.34. The fourth-order valence-electron chi connectivity index (χ4n) is 1.94. The van der Waals surface area contributed by atoms with Crippen molar-refractivity contribution in [1.82, 2.24) is 9.71 Å². The summed E-state index contributed by atoms with van der Waals surface area (Å²) in [6.07, 6.45) is 2.82. The molecule has 0 saturated carbocycles. The number of ether oxygens (including phenoxy) is 1. The molecule has 0 spiro atoms. The van der Waals surface area contributed by atoms with Crippen LogP contribution in [0, 0.1) is 0 Å². The van der Waals surface area contributed by atoms with Crippen LogP contribution in [0.1, 0.15) is 19.8 Å². The number of hydrogen-bond acceptors (Lipinski definition) is 4. The summed E-state index contributed by atoms with van der Waals surface area (Å²) in [5, 5.41) is 0.165. The zero-order chi connectivity index (χ0) is 13.2. The number of pyridine rings is 1. The molecule has 0 aromatic carbocycles. The van der Waals surface area contributed by atoms with Gasteiger partial charge in [0.15, 0.2) is 0 Å². The highest BCUT2D eigenvalue weighted by atomic mass is 35.5. The highest BCUT2D eigenvalue weighted by Gasteiger charge is 2.25. The topological polar surface area (TPSA) is 68.3 Å². The first kappa shape index (κ1) is 13.7. The lowest BCUT2D eigenvalue weighted by atomic mass is 10.1. The van der Waals surface area contributed by atoms with E-state index in [0.29, 0.717) is 19.4 Å². The number of nitrogens with zero attached hydrogens (tertiary/aromatic N) is 1. The van der Waals surface area contributed by atoms with Crippen LogP contribution in [0.25, 0.3) is 0 Å². The van der Waals surface area contributed by atoms with Crippen molar-refractivity contribution in [2.24, 2.45) is 0 Å². The van der Waals surface area contributed by atoms with Crippen LogP contribution in [0.3, 0.4) is 0 Å². The molecule has 2 atom stereocenters. The number of aromatic nitrogens is 1. The van der Waals surface area contributed by atoms with Gasteiger partial charge in [0.25, 0.3) is 0 Å². The Balaban J connectivity index is 2.12. The van der Waals surface area contributed by atoms with Crippen LogP contribution >= 0.6 is 11.6 Å². The van der Waals surface area contributed by atoms with Crippen LogP contribution in [0.2, 0.25) is 5.15 Å². The Hall–Kier alpha value is -0.690. The van der Waals surface area contributed by atoms with E-state index in [2.05, 4.69) is 9.71 Å². The lowest BCUT2D eigenvalue weighted by Gasteiger charge is -2.27. The number of halogens is 1. The molecule has 0 radical (unpaired) electrons. The van der Waals surface area contributed by atoms with Gasteiger partial charge >= 0.3 is 0 Å². The molecular formula is C11H15ClN2O3S. The van der Waals surface area contributed by atoms with Crippen molar-refractivity contribution < 1.29 is 13.2 Å². The Labute approximate surface area is 112 Å². The van der Waals surface area contributed by atoms with Crippen molar-refractivity contribution in [3.05, 3.63) is 23.5 Å². The molecule has 0 amide bonds. The summed E-state index contributed by atoms with van der Waals surface area (Å²) < 4.78 is 32.3. The van der Waals surface area contributed by atoms with Gasteiger partial charge in [-0.1, -0.05) is 11.6 Å². The van der Waals surface area contributed by atoms with Gasteiger partial charge in [-0.05, 0) is 31.9 Å². The molecule has 2 heterocycles. The van der Waals surface area contributed by atoms with E-state index in [-0.39, 0.29) is 22.2 Å². The third kappa shape index (κ3) is 3.41. The SMILES string of the molecule is CC1CC(NS(=O)(=O)c2ccnc(Cl)c2)CCO1. The van der Waals surface area contributed by atoms with E-state index in [9.17, 15) is 8.42 Å². The van der Waals surface area contributed by atoms with Crippen molar-refractivity contribution in [2.45, 2.75) is 36.8 Å². The average Bonchev–Trinajstić information content (AvgIpc) is 2.28. The van der Waals surface area contributed by atoms with E-state index in [0.717, 1.165) is 0 Å². The zero-order valence-electron chi connectivity index (χ0n) is 9.97. The number of hydrogen-bond donors (Lipinski definition) is 1. The number of nitrogens with one attached hydrogen (secondary N) is 1. The van der Waals surface area contributed by atoms with Crippen molar-refractivity contribution in [3.8, 4) is 0 Å². The maximum absolute atomic E-state index is 12.1. The molecule has 1 saturated heterocycles. The standard InChI is InChI=1S/C11H15ClN2O3S/c1-8-6-9(3-5-17-8)14-18(15,16)10-2-4-13-11(12)7-10/h2,4,7-9,14H,3,5-6H2,1H3. The van der Waals surface area contributed by atoms with Gasteiger partial charge in [0.1, 0.15) is 5.15 Å². The van der Waals surface area contributed by atoms with Gasteiger partial charge in [0.2, 0.25) is 10.0 Å². The van der Waals surface area contributed by atoms with Crippen LogP contribution in [0.4, 0.5) is 0 Å². The fraction of sp³-hybridized carbons (Fsp3) is 0.545. The van der Waals surface area contributed by atoms with Crippen LogP contribution in [0.5, 0.6) is 0 Å². The minimum Gasteiger partial charge on any atom is -0.378 e. The van der Waals surface area contributed by atoms with E-state index in [4.69, 9.17) is 16.3 Å². The summed E-state index contributed by atoms with van der Waals surface area (Å²) >= 11 is 5.69. The molecule has 1 aromatic rings. The molecule has 7 heteroatoms. The van der Waals surface area contributed by atoms with Crippen LogP contribution in [-0.2, 0) is 14.8 Å². The molecule has 100 valence electrons. The Bertz CT molecular complexity index is 521. The molecule has 1 aliphatic rings. The average molecular weight is 291 g/mol. The van der Waals surface area contributed by atoms with Gasteiger partial charge in [-0.25, -0.2) is 18.1 Å². The molecule has 2 unspecified atom stereocenters. The summed E-state index contributed by atoms with van der Waals surface area (Å²) in [7, 11) is -3.54. The molecule has 2 rings (SSSR count). The van der Waals surface area contributed by atoms with Gasteiger partial charge in [-0.2, -0.15) is 0 Å². The number of sulfonamides is 1. The van der Waals surface area contributed by atoms with Crippen molar-refractivity contribution in [3.63, 3.8) is 0 Å². The molecule has 1 fully saturated rings. The third-order valence-corrected chi connectivity index (χ3v) is 4.54. The van der Waals surface area contributed by atoms with Gasteiger partial charge in [0.05, 0.1) is 11.0 Å². The zero-order valence-corrected chi connectivity index (χ0v) is 11.5. The van der Waals surface area contributed by atoms with E-state index < -0.39 is 10.0 Å². The second kappa shape index (κ2) is 5.52. The van der Waals surface area contributed by atoms with Crippen molar-refractivity contribution in [2.75, 3.05) is 6.61 Å². The first-order chi connectivity index (χ1) is 8.47. The van der Waals surface area contributed by atoms with Gasteiger partial charge in [0, 0.05) is 18.8 Å². The fourth-order valence-corrected chi connectivity index (χ4v) is 3.48. The van der Waals surface area contributed by atoms with Crippen LogP contribution in [-0.4, -0.2) is 32.2 Å². The molecular weight excluding hydrogens is 276 g/mol. The molecule has 18 heavy (non-hydrogen) atoms. The van der Waals surface area contributed by atoms with Gasteiger partial charge < -0.3 is 4.74 Å².